The summed E-state index contributed by atoms with van der Waals surface area (Å²) in [7, 11) is 0. The molecule has 0 radical (unpaired) electrons. The van der Waals surface area contributed by atoms with E-state index in [0.29, 0.717) is 5.56 Å². The number of nitrogens with zero attached hydrogens (tertiary/aromatic N) is 2. The summed E-state index contributed by atoms with van der Waals surface area (Å²) in [6.45, 7) is 1.40. The number of aryl methyl sites for hydroxylation is 1. The Kier molecular flexibility index (Phi) is 6.74. The zero-order valence-corrected chi connectivity index (χ0v) is 14.9. The molecule has 10 heteroatoms. The number of nitro groups is 2. The first kappa shape index (κ1) is 20.5. The third-order valence-corrected chi connectivity index (χ3v) is 3.76. The number of nitrogens with one attached hydrogen (secondary N) is 1. The molecule has 0 aliphatic carbocycles. The van der Waals surface area contributed by atoms with E-state index in [1.54, 1.807) is 19.1 Å². The maximum atomic E-state index is 12.0. The first-order valence-corrected chi connectivity index (χ1v) is 8.20. The van der Waals surface area contributed by atoms with E-state index in [2.05, 4.69) is 5.32 Å². The Morgan fingerprint density at radius 3 is 2.36 bits per heavy atom. The minimum atomic E-state index is -0.716. The molecule has 0 aliphatic heterocycles. The van der Waals surface area contributed by atoms with E-state index >= 15 is 0 Å². The minimum absolute atomic E-state index is 0.0360. The lowest BCUT2D eigenvalue weighted by molar-refractivity contribution is -0.385. The van der Waals surface area contributed by atoms with E-state index in [9.17, 15) is 29.8 Å². The van der Waals surface area contributed by atoms with Crippen LogP contribution < -0.4 is 5.32 Å². The Morgan fingerprint density at radius 1 is 1.00 bits per heavy atom. The maximum Gasteiger partial charge on any atom is 0.306 e. The normalized spacial score (nSPS) is 10.2. The van der Waals surface area contributed by atoms with Crippen molar-refractivity contribution in [3.63, 3.8) is 0 Å². The molecular weight excluding hydrogens is 370 g/mol. The van der Waals surface area contributed by atoms with Gasteiger partial charge in [0.15, 0.2) is 0 Å². The summed E-state index contributed by atoms with van der Waals surface area (Å²) >= 11 is 0. The third-order valence-electron chi connectivity index (χ3n) is 3.76. The number of ether oxygens (including phenoxy) is 1. The summed E-state index contributed by atoms with van der Waals surface area (Å²) in [5.74, 6) is -1.30. The molecule has 2 rings (SSSR count). The number of benzene rings is 2. The smallest absolute Gasteiger partial charge is 0.306 e. The number of para-hydroxylation sites is 1. The molecule has 0 saturated heterocycles. The molecule has 0 fully saturated rings. The Balaban J connectivity index is 1.88. The van der Waals surface area contributed by atoms with Gasteiger partial charge in [-0.15, -0.1) is 0 Å². The molecule has 1 N–H and O–H groups in total. The molecule has 0 aromatic heterocycles. The number of carbonyl (C=O) groups is 2. The van der Waals surface area contributed by atoms with Crippen molar-refractivity contribution < 1.29 is 24.2 Å². The molecule has 0 atom stereocenters. The van der Waals surface area contributed by atoms with Crippen molar-refractivity contribution in [2.24, 2.45) is 0 Å². The highest BCUT2D eigenvalue weighted by Gasteiger charge is 2.18. The summed E-state index contributed by atoms with van der Waals surface area (Å²) in [5.41, 5.74) is 0.532. The first-order valence-electron chi connectivity index (χ1n) is 8.20. The molecule has 0 heterocycles. The number of nitro benzene ring substituents is 2. The Morgan fingerprint density at radius 2 is 1.68 bits per heavy atom. The molecule has 0 bridgehead atoms. The summed E-state index contributed by atoms with van der Waals surface area (Å²) in [6.07, 6.45) is -0.521. The van der Waals surface area contributed by atoms with Crippen LogP contribution in [0.5, 0.6) is 0 Å². The SMILES string of the molecule is Cc1ccc(NC(=O)CCC(=O)OCc2ccccc2[N+](=O)[O-])c([N+](=O)[O-])c1. The molecule has 10 nitrogen and oxygen atoms in total. The van der Waals surface area contributed by atoms with Crippen LogP contribution in [0.1, 0.15) is 24.0 Å². The molecule has 146 valence electrons. The lowest BCUT2D eigenvalue weighted by Crippen LogP contribution is -2.15. The molecule has 2 aromatic carbocycles. The van der Waals surface area contributed by atoms with Crippen LogP contribution in [0.3, 0.4) is 0 Å². The van der Waals surface area contributed by atoms with Gasteiger partial charge in [-0.25, -0.2) is 0 Å². The van der Waals surface area contributed by atoms with Crippen LogP contribution in [0.4, 0.5) is 17.1 Å². The quantitative estimate of drug-likeness (QED) is 0.416. The Bertz CT molecular complexity index is 927. The lowest BCUT2D eigenvalue weighted by Gasteiger charge is -2.07. The summed E-state index contributed by atoms with van der Waals surface area (Å²) < 4.78 is 4.97. The number of esters is 1. The fraction of sp³-hybridized carbons (Fsp3) is 0.222. The van der Waals surface area contributed by atoms with Crippen LogP contribution in [0, 0.1) is 27.2 Å². The summed E-state index contributed by atoms with van der Waals surface area (Å²) in [6, 6.07) is 10.2. The fourth-order valence-corrected chi connectivity index (χ4v) is 2.37. The van der Waals surface area contributed by atoms with Crippen molar-refractivity contribution in [1.82, 2.24) is 0 Å². The van der Waals surface area contributed by atoms with E-state index in [1.165, 1.54) is 30.3 Å². The first-order chi connectivity index (χ1) is 13.3. The van der Waals surface area contributed by atoms with Gasteiger partial charge in [-0.05, 0) is 24.6 Å². The zero-order valence-electron chi connectivity index (χ0n) is 14.9. The van der Waals surface area contributed by atoms with E-state index < -0.39 is 21.7 Å². The van der Waals surface area contributed by atoms with Crippen molar-refractivity contribution in [3.8, 4) is 0 Å². The average molecular weight is 387 g/mol. The molecule has 1 amide bonds. The van der Waals surface area contributed by atoms with Crippen molar-refractivity contribution in [1.29, 1.82) is 0 Å². The van der Waals surface area contributed by atoms with Crippen LogP contribution in [0.2, 0.25) is 0 Å². The number of amides is 1. The molecular formula is C18H17N3O7. The number of anilines is 1. The number of hydrogen-bond donors (Lipinski definition) is 1. The third kappa shape index (κ3) is 5.59. The average Bonchev–Trinajstić information content (AvgIpc) is 2.66. The van der Waals surface area contributed by atoms with Gasteiger partial charge in [-0.2, -0.15) is 0 Å². The van der Waals surface area contributed by atoms with Gasteiger partial charge in [0.05, 0.1) is 21.8 Å². The minimum Gasteiger partial charge on any atom is -0.461 e. The van der Waals surface area contributed by atoms with Gasteiger partial charge in [-0.1, -0.05) is 18.2 Å². The zero-order chi connectivity index (χ0) is 20.7. The second-order valence-electron chi connectivity index (χ2n) is 5.87. The maximum absolute atomic E-state index is 12.0. The van der Waals surface area contributed by atoms with Crippen molar-refractivity contribution >= 4 is 28.9 Å². The second kappa shape index (κ2) is 9.21. The van der Waals surface area contributed by atoms with E-state index in [0.717, 1.165) is 0 Å². The summed E-state index contributed by atoms with van der Waals surface area (Å²) in [4.78, 5) is 44.5. The van der Waals surface area contributed by atoms with Gasteiger partial charge in [0, 0.05) is 18.6 Å². The molecule has 2 aromatic rings. The fourth-order valence-electron chi connectivity index (χ4n) is 2.37. The molecule has 0 saturated carbocycles. The van der Waals surface area contributed by atoms with E-state index in [-0.39, 0.29) is 42.1 Å². The number of hydrogen-bond acceptors (Lipinski definition) is 7. The van der Waals surface area contributed by atoms with Gasteiger partial charge in [0.25, 0.3) is 11.4 Å². The predicted octanol–water partition coefficient (Wildman–Crippen LogP) is 3.27. The Labute approximate surface area is 159 Å². The number of rotatable bonds is 8. The largest absolute Gasteiger partial charge is 0.461 e. The molecule has 0 aliphatic rings. The van der Waals surface area contributed by atoms with Crippen LogP contribution in [-0.4, -0.2) is 21.7 Å². The van der Waals surface area contributed by atoms with Crippen LogP contribution >= 0.6 is 0 Å². The monoisotopic (exact) mass is 387 g/mol. The van der Waals surface area contributed by atoms with Crippen molar-refractivity contribution in [2.75, 3.05) is 5.32 Å². The molecule has 0 unspecified atom stereocenters. The highest BCUT2D eigenvalue weighted by Crippen LogP contribution is 2.25. The predicted molar refractivity (Wildman–Crippen MR) is 98.6 cm³/mol. The number of carbonyl (C=O) groups excluding carboxylic acids is 2. The highest BCUT2D eigenvalue weighted by atomic mass is 16.6. The molecule has 0 spiro atoms. The van der Waals surface area contributed by atoms with Gasteiger partial charge < -0.3 is 10.1 Å². The van der Waals surface area contributed by atoms with Crippen molar-refractivity contribution in [3.05, 3.63) is 73.8 Å². The van der Waals surface area contributed by atoms with E-state index in [4.69, 9.17) is 4.74 Å². The van der Waals surface area contributed by atoms with Gasteiger partial charge in [0.2, 0.25) is 5.91 Å². The van der Waals surface area contributed by atoms with E-state index in [1.807, 2.05) is 0 Å². The highest BCUT2D eigenvalue weighted by molar-refractivity contribution is 5.94. The lowest BCUT2D eigenvalue weighted by atomic mass is 10.2. The van der Waals surface area contributed by atoms with Crippen LogP contribution in [0.25, 0.3) is 0 Å². The molecule has 28 heavy (non-hydrogen) atoms. The van der Waals surface area contributed by atoms with Crippen LogP contribution in [0.15, 0.2) is 42.5 Å². The standard InChI is InChI=1S/C18H17N3O7/c1-12-6-7-14(16(10-12)21(26)27)19-17(22)8-9-18(23)28-11-13-4-2-3-5-15(13)20(24)25/h2-7,10H,8-9,11H2,1H3,(H,19,22). The van der Waals surface area contributed by atoms with Crippen molar-refractivity contribution in [2.45, 2.75) is 26.4 Å². The summed E-state index contributed by atoms with van der Waals surface area (Å²) in [5, 5.41) is 24.4. The topological polar surface area (TPSA) is 142 Å². The van der Waals surface area contributed by atoms with Gasteiger partial charge >= 0.3 is 5.97 Å². The van der Waals surface area contributed by atoms with Gasteiger partial charge in [0.1, 0.15) is 12.3 Å². The Hall–Kier alpha value is -3.82. The van der Waals surface area contributed by atoms with Gasteiger partial charge in [-0.3, -0.25) is 29.8 Å². The second-order valence-corrected chi connectivity index (χ2v) is 5.87. The van der Waals surface area contributed by atoms with Crippen LogP contribution in [-0.2, 0) is 20.9 Å².